The number of nitrogens with one attached hydrogen (secondary N) is 1. The number of rotatable bonds is 7. The number of amides is 1. The van der Waals surface area contributed by atoms with E-state index < -0.39 is 25.1 Å². The maximum atomic E-state index is 12.1. The molecule has 0 aromatic heterocycles. The third kappa shape index (κ3) is 6.02. The van der Waals surface area contributed by atoms with E-state index in [4.69, 9.17) is 0 Å². The fourth-order valence-corrected chi connectivity index (χ4v) is 4.95. The normalized spacial score (nSPS) is 17.2. The highest BCUT2D eigenvalue weighted by Crippen LogP contribution is 2.19. The average Bonchev–Trinajstić information content (AvgIpc) is 2.60. The molecule has 1 aromatic rings. The highest BCUT2D eigenvalue weighted by molar-refractivity contribution is 7.92. The van der Waals surface area contributed by atoms with Crippen molar-refractivity contribution in [2.45, 2.75) is 43.3 Å². The maximum Gasteiger partial charge on any atom is 0.224 e. The van der Waals surface area contributed by atoms with Gasteiger partial charge < -0.3 is 5.32 Å². The number of sulfonamides is 1. The van der Waals surface area contributed by atoms with Crippen LogP contribution in [0.3, 0.4) is 0 Å². The van der Waals surface area contributed by atoms with Gasteiger partial charge in [0.05, 0.1) is 22.8 Å². The summed E-state index contributed by atoms with van der Waals surface area (Å²) in [5.74, 6) is 0.144. The zero-order valence-electron chi connectivity index (χ0n) is 16.0. The van der Waals surface area contributed by atoms with E-state index >= 15 is 0 Å². The predicted molar refractivity (Wildman–Crippen MR) is 105 cm³/mol. The maximum absolute atomic E-state index is 12.1. The molecule has 0 radical (unpaired) electrons. The van der Waals surface area contributed by atoms with E-state index in [0.29, 0.717) is 19.6 Å². The minimum Gasteiger partial charge on any atom is -0.356 e. The van der Waals surface area contributed by atoms with E-state index in [1.165, 1.54) is 10.6 Å². The largest absolute Gasteiger partial charge is 0.356 e. The van der Waals surface area contributed by atoms with Gasteiger partial charge in [-0.15, -0.1) is 0 Å². The Morgan fingerprint density at radius 3 is 2.15 bits per heavy atom. The molecule has 1 saturated heterocycles. The van der Waals surface area contributed by atoms with Crippen molar-refractivity contribution in [1.29, 1.82) is 0 Å². The van der Waals surface area contributed by atoms with Gasteiger partial charge in [-0.2, -0.15) is 0 Å². The van der Waals surface area contributed by atoms with Crippen LogP contribution < -0.4 is 5.32 Å². The molecular weight excluding hydrogens is 388 g/mol. The summed E-state index contributed by atoms with van der Waals surface area (Å²) < 4.78 is 48.7. The van der Waals surface area contributed by atoms with Crippen molar-refractivity contribution in [3.63, 3.8) is 0 Å². The van der Waals surface area contributed by atoms with Gasteiger partial charge in [0.2, 0.25) is 15.9 Å². The predicted octanol–water partition coefficient (Wildman–Crippen LogP) is 1.20. The van der Waals surface area contributed by atoms with Crippen LogP contribution in [0.2, 0.25) is 0 Å². The molecule has 27 heavy (non-hydrogen) atoms. The SMILES string of the molecule is CC(C)S(=O)(=O)c1ccc(CC(=O)NCC2CCN(S(C)(=O)=O)CC2)cc1. The van der Waals surface area contributed by atoms with Gasteiger partial charge in [0.25, 0.3) is 0 Å². The smallest absolute Gasteiger partial charge is 0.224 e. The topological polar surface area (TPSA) is 101 Å². The first-order valence-corrected chi connectivity index (χ1v) is 12.4. The molecule has 1 aromatic carbocycles. The van der Waals surface area contributed by atoms with Crippen molar-refractivity contribution in [3.8, 4) is 0 Å². The summed E-state index contributed by atoms with van der Waals surface area (Å²) in [6, 6.07) is 6.41. The lowest BCUT2D eigenvalue weighted by molar-refractivity contribution is -0.120. The highest BCUT2D eigenvalue weighted by Gasteiger charge is 2.25. The van der Waals surface area contributed by atoms with Gasteiger partial charge in [-0.25, -0.2) is 21.1 Å². The monoisotopic (exact) mass is 416 g/mol. The Labute approximate surface area is 162 Å². The minimum absolute atomic E-state index is 0.125. The zero-order chi connectivity index (χ0) is 20.2. The molecule has 1 heterocycles. The summed E-state index contributed by atoms with van der Waals surface area (Å²) in [6.07, 6.45) is 2.86. The summed E-state index contributed by atoms with van der Waals surface area (Å²) in [7, 11) is -6.45. The van der Waals surface area contributed by atoms with Crippen LogP contribution in [0, 0.1) is 5.92 Å². The van der Waals surface area contributed by atoms with Crippen molar-refractivity contribution in [2.24, 2.45) is 5.92 Å². The quantitative estimate of drug-likeness (QED) is 0.720. The van der Waals surface area contributed by atoms with Gasteiger partial charge >= 0.3 is 0 Å². The summed E-state index contributed by atoms with van der Waals surface area (Å²) in [4.78, 5) is 12.4. The number of nitrogens with zero attached hydrogens (tertiary/aromatic N) is 1. The first kappa shape index (κ1) is 21.8. The Kier molecular flexibility index (Phi) is 7.04. The first-order chi connectivity index (χ1) is 12.5. The Morgan fingerprint density at radius 1 is 1.11 bits per heavy atom. The molecule has 0 aliphatic carbocycles. The molecule has 1 aliphatic rings. The average molecular weight is 417 g/mol. The van der Waals surface area contributed by atoms with E-state index in [0.717, 1.165) is 18.4 Å². The number of hydrogen-bond acceptors (Lipinski definition) is 5. The third-order valence-corrected chi connectivity index (χ3v) is 8.34. The van der Waals surface area contributed by atoms with Crippen LogP contribution in [0.25, 0.3) is 0 Å². The Morgan fingerprint density at radius 2 is 1.67 bits per heavy atom. The molecule has 0 bridgehead atoms. The molecular formula is C18H28N2O5S2. The molecule has 0 spiro atoms. The molecule has 1 N–H and O–H groups in total. The standard InChI is InChI=1S/C18H28N2O5S2/c1-14(2)27(24,25)17-6-4-15(5-7-17)12-18(21)19-13-16-8-10-20(11-9-16)26(3,22)23/h4-7,14,16H,8-13H2,1-3H3,(H,19,21). The van der Waals surface area contributed by atoms with Crippen molar-refractivity contribution in [2.75, 3.05) is 25.9 Å². The van der Waals surface area contributed by atoms with E-state index in [9.17, 15) is 21.6 Å². The summed E-state index contributed by atoms with van der Waals surface area (Å²) in [6.45, 7) is 4.78. The van der Waals surface area contributed by atoms with E-state index in [-0.39, 0.29) is 23.1 Å². The van der Waals surface area contributed by atoms with Gasteiger partial charge in [0, 0.05) is 19.6 Å². The van der Waals surface area contributed by atoms with Crippen LogP contribution in [0.15, 0.2) is 29.2 Å². The lowest BCUT2D eigenvalue weighted by Gasteiger charge is -2.30. The van der Waals surface area contributed by atoms with E-state index in [1.54, 1.807) is 38.1 Å². The summed E-state index contributed by atoms with van der Waals surface area (Å²) in [5.41, 5.74) is 0.752. The van der Waals surface area contributed by atoms with Crippen LogP contribution >= 0.6 is 0 Å². The van der Waals surface area contributed by atoms with Gasteiger partial charge in [0.15, 0.2) is 9.84 Å². The molecule has 2 rings (SSSR count). The molecule has 0 saturated carbocycles. The molecule has 1 amide bonds. The molecule has 1 aliphatic heterocycles. The molecule has 1 fully saturated rings. The number of sulfone groups is 1. The number of hydrogen-bond donors (Lipinski definition) is 1. The number of carbonyl (C=O) groups is 1. The van der Waals surface area contributed by atoms with Gasteiger partial charge in [-0.3, -0.25) is 4.79 Å². The zero-order valence-corrected chi connectivity index (χ0v) is 17.6. The van der Waals surface area contributed by atoms with E-state index in [2.05, 4.69) is 5.32 Å². The van der Waals surface area contributed by atoms with Crippen molar-refractivity contribution in [3.05, 3.63) is 29.8 Å². The van der Waals surface area contributed by atoms with Gasteiger partial charge in [-0.05, 0) is 50.3 Å². The van der Waals surface area contributed by atoms with Crippen molar-refractivity contribution in [1.82, 2.24) is 9.62 Å². The second-order valence-corrected chi connectivity index (χ2v) is 11.8. The highest BCUT2D eigenvalue weighted by atomic mass is 32.2. The van der Waals surface area contributed by atoms with Crippen molar-refractivity contribution < 1.29 is 21.6 Å². The molecule has 9 heteroatoms. The van der Waals surface area contributed by atoms with Crippen molar-refractivity contribution >= 4 is 25.8 Å². The van der Waals surface area contributed by atoms with Gasteiger partial charge in [-0.1, -0.05) is 12.1 Å². The van der Waals surface area contributed by atoms with Crippen LogP contribution in [0.1, 0.15) is 32.3 Å². The first-order valence-electron chi connectivity index (χ1n) is 9.05. The Bertz CT molecular complexity index is 854. The summed E-state index contributed by atoms with van der Waals surface area (Å²) in [5, 5.41) is 2.41. The second kappa shape index (κ2) is 8.70. The number of benzene rings is 1. The third-order valence-electron chi connectivity index (χ3n) is 4.87. The lowest BCUT2D eigenvalue weighted by atomic mass is 9.98. The summed E-state index contributed by atoms with van der Waals surface area (Å²) >= 11 is 0. The molecule has 0 atom stereocenters. The number of carbonyl (C=O) groups excluding carboxylic acids is 1. The Balaban J connectivity index is 1.81. The van der Waals surface area contributed by atoms with Crippen LogP contribution in [0.5, 0.6) is 0 Å². The van der Waals surface area contributed by atoms with Crippen LogP contribution in [-0.2, 0) is 31.1 Å². The van der Waals surface area contributed by atoms with Crippen LogP contribution in [-0.4, -0.2) is 58.2 Å². The van der Waals surface area contributed by atoms with E-state index in [1.807, 2.05) is 0 Å². The second-order valence-electron chi connectivity index (χ2n) is 7.32. The lowest BCUT2D eigenvalue weighted by Crippen LogP contribution is -2.41. The number of piperidine rings is 1. The Hall–Kier alpha value is -1.45. The van der Waals surface area contributed by atoms with Crippen LogP contribution in [0.4, 0.5) is 0 Å². The molecule has 0 unspecified atom stereocenters. The molecule has 152 valence electrons. The fourth-order valence-electron chi connectivity index (χ4n) is 3.02. The molecule has 7 nitrogen and oxygen atoms in total. The van der Waals surface area contributed by atoms with Gasteiger partial charge in [0.1, 0.15) is 0 Å². The minimum atomic E-state index is -3.31. The fraction of sp³-hybridized carbons (Fsp3) is 0.611.